The number of hydrogen-bond acceptors (Lipinski definition) is 4. The van der Waals surface area contributed by atoms with Gasteiger partial charge in [0.25, 0.3) is 0 Å². The smallest absolute Gasteiger partial charge is 0.164 e. The Morgan fingerprint density at radius 1 is 0.384 bits per heavy atom. The second-order valence-electron chi connectivity index (χ2n) is 19.5. The lowest BCUT2D eigenvalue weighted by atomic mass is 9.82. The molecule has 0 N–H and O–H groups in total. The molecule has 1 aliphatic carbocycles. The maximum atomic E-state index is 11.2. The van der Waals surface area contributed by atoms with Crippen LogP contribution in [0.2, 0.25) is 0 Å². The van der Waals surface area contributed by atoms with Gasteiger partial charge in [0.15, 0.2) is 17.5 Å². The van der Waals surface area contributed by atoms with Gasteiger partial charge >= 0.3 is 0 Å². The van der Waals surface area contributed by atoms with Crippen LogP contribution in [0, 0.1) is 11.3 Å². The highest BCUT2D eigenvalue weighted by Gasteiger charge is 2.35. The van der Waals surface area contributed by atoms with Crippen molar-refractivity contribution in [2.24, 2.45) is 0 Å². The zero-order valence-electron chi connectivity index (χ0n) is 40.1. The Labute approximate surface area is 422 Å². The van der Waals surface area contributed by atoms with Gasteiger partial charge in [-0.15, -0.1) is 0 Å². The van der Waals surface area contributed by atoms with E-state index in [0.29, 0.717) is 23.0 Å². The van der Waals surface area contributed by atoms with Gasteiger partial charge < -0.3 is 9.13 Å². The maximum Gasteiger partial charge on any atom is 0.164 e. The molecule has 3 aromatic heterocycles. The van der Waals surface area contributed by atoms with E-state index >= 15 is 0 Å². The highest BCUT2D eigenvalue weighted by molar-refractivity contribution is 6.26. The summed E-state index contributed by atoms with van der Waals surface area (Å²) in [6.07, 6.45) is 0. The molecule has 0 saturated carbocycles. The Bertz CT molecular complexity index is 4280. The average Bonchev–Trinajstić information content (AvgIpc) is 4.06. The van der Waals surface area contributed by atoms with Crippen LogP contribution in [0.5, 0.6) is 0 Å². The Morgan fingerprint density at radius 3 is 1.53 bits per heavy atom. The molecule has 0 unspecified atom stereocenters. The van der Waals surface area contributed by atoms with Gasteiger partial charge in [0.05, 0.1) is 33.3 Å². The van der Waals surface area contributed by atoms with Crippen molar-refractivity contribution in [2.75, 3.05) is 0 Å². The molecule has 3 heterocycles. The van der Waals surface area contributed by atoms with E-state index in [2.05, 4.69) is 211 Å². The van der Waals surface area contributed by atoms with Gasteiger partial charge in [-0.1, -0.05) is 196 Å². The van der Waals surface area contributed by atoms with E-state index < -0.39 is 0 Å². The predicted molar refractivity (Wildman–Crippen MR) is 298 cm³/mol. The van der Waals surface area contributed by atoms with Gasteiger partial charge in [0.2, 0.25) is 0 Å². The van der Waals surface area contributed by atoms with Crippen molar-refractivity contribution in [2.45, 2.75) is 19.3 Å². The van der Waals surface area contributed by atoms with Crippen LogP contribution in [0.25, 0.3) is 123 Å². The molecule has 6 heteroatoms. The molecule has 0 radical (unpaired) electrons. The largest absolute Gasteiger partial charge is 0.309 e. The summed E-state index contributed by atoms with van der Waals surface area (Å²) in [4.78, 5) is 15.4. The molecule has 0 spiro atoms. The molecule has 0 saturated heterocycles. The summed E-state index contributed by atoms with van der Waals surface area (Å²) in [5, 5.41) is 15.7. The van der Waals surface area contributed by atoms with Crippen molar-refractivity contribution in [1.29, 1.82) is 5.26 Å². The highest BCUT2D eigenvalue weighted by Crippen LogP contribution is 2.50. The van der Waals surface area contributed by atoms with Gasteiger partial charge in [-0.25, -0.2) is 15.0 Å². The molecule has 73 heavy (non-hydrogen) atoms. The summed E-state index contributed by atoms with van der Waals surface area (Å²) >= 11 is 0. The Morgan fingerprint density at radius 2 is 0.890 bits per heavy atom. The summed E-state index contributed by atoms with van der Waals surface area (Å²) in [5.41, 5.74) is 18.8. The number of fused-ring (bicyclic) bond motifs is 10. The third-order valence-electron chi connectivity index (χ3n) is 15.0. The lowest BCUT2D eigenvalue weighted by Crippen LogP contribution is -2.15. The topological polar surface area (TPSA) is 72.3 Å². The molecule has 13 aromatic rings. The third-order valence-corrected chi connectivity index (χ3v) is 15.0. The van der Waals surface area contributed by atoms with Crippen LogP contribution in [0.15, 0.2) is 231 Å². The van der Waals surface area contributed by atoms with Crippen molar-refractivity contribution in [1.82, 2.24) is 24.1 Å². The fraction of sp³-hybridized carbons (Fsp3) is 0.0448. The van der Waals surface area contributed by atoms with Gasteiger partial charge in [0, 0.05) is 49.3 Å². The number of rotatable bonds is 7. The van der Waals surface area contributed by atoms with E-state index in [1.54, 1.807) is 0 Å². The molecule has 0 bridgehead atoms. The van der Waals surface area contributed by atoms with Crippen molar-refractivity contribution in [3.63, 3.8) is 0 Å². The van der Waals surface area contributed by atoms with Crippen molar-refractivity contribution < 1.29 is 0 Å². The number of nitrogens with zero attached hydrogens (tertiary/aromatic N) is 6. The lowest BCUT2D eigenvalue weighted by Gasteiger charge is -2.22. The molecule has 6 nitrogen and oxygen atoms in total. The van der Waals surface area contributed by atoms with E-state index in [1.807, 2.05) is 48.5 Å². The molecule has 1 aliphatic rings. The van der Waals surface area contributed by atoms with E-state index in [9.17, 15) is 5.26 Å². The molecule has 342 valence electrons. The first-order chi connectivity index (χ1) is 35.9. The first-order valence-electron chi connectivity index (χ1n) is 24.7. The van der Waals surface area contributed by atoms with Crippen molar-refractivity contribution in [3.8, 4) is 85.0 Å². The monoisotopic (exact) mass is 932 g/mol. The van der Waals surface area contributed by atoms with Gasteiger partial charge in [-0.05, 0) is 93.0 Å². The molecule has 0 aliphatic heterocycles. The van der Waals surface area contributed by atoms with Crippen LogP contribution < -0.4 is 0 Å². The van der Waals surface area contributed by atoms with Gasteiger partial charge in [-0.3, -0.25) is 0 Å². The fourth-order valence-electron chi connectivity index (χ4n) is 11.5. The second-order valence-corrected chi connectivity index (χ2v) is 19.5. The molecule has 10 aromatic carbocycles. The minimum absolute atomic E-state index is 0.146. The number of para-hydroxylation sites is 2. The van der Waals surface area contributed by atoms with Gasteiger partial charge in [-0.2, -0.15) is 5.26 Å². The average molecular weight is 933 g/mol. The molecule has 14 rings (SSSR count). The van der Waals surface area contributed by atoms with Crippen LogP contribution >= 0.6 is 0 Å². The van der Waals surface area contributed by atoms with Crippen LogP contribution in [0.1, 0.15) is 30.5 Å². The standard InChI is InChI=1S/C67H44N6/c1-67(2)56-22-12-9-19-51(56)52-35-34-50(40-57(52)67)72-60-24-14-11-21-55(60)62-61(72)38-36-54-53-20-10-13-23-59(53)73(63(54)62)58-37-33-48(39-49(58)41-68)66-70-64(46-29-25-44(26-30-46)42-15-5-3-6-16-42)69-65(71-66)47-31-27-45(28-32-47)43-17-7-4-8-18-43/h3-40H,1-2H3. The number of aromatic nitrogens is 5. The Kier molecular flexibility index (Phi) is 9.51. The minimum atomic E-state index is -0.146. The molecule has 0 fully saturated rings. The van der Waals surface area contributed by atoms with Gasteiger partial charge in [0.1, 0.15) is 6.07 Å². The number of nitriles is 1. The Hall–Kier alpha value is -9.70. The van der Waals surface area contributed by atoms with Crippen LogP contribution in [0.4, 0.5) is 0 Å². The molecule has 0 amide bonds. The zero-order chi connectivity index (χ0) is 48.8. The van der Waals surface area contributed by atoms with E-state index in [0.717, 1.165) is 93.9 Å². The fourth-order valence-corrected chi connectivity index (χ4v) is 11.5. The first-order valence-corrected chi connectivity index (χ1v) is 24.7. The molecular weight excluding hydrogens is 889 g/mol. The van der Waals surface area contributed by atoms with E-state index in [4.69, 9.17) is 15.0 Å². The summed E-state index contributed by atoms with van der Waals surface area (Å²) in [6, 6.07) is 83.6. The summed E-state index contributed by atoms with van der Waals surface area (Å²) in [7, 11) is 0. The van der Waals surface area contributed by atoms with Crippen molar-refractivity contribution in [3.05, 3.63) is 247 Å². The number of hydrogen-bond donors (Lipinski definition) is 0. The third kappa shape index (κ3) is 6.67. The minimum Gasteiger partial charge on any atom is -0.309 e. The van der Waals surface area contributed by atoms with Crippen LogP contribution in [-0.4, -0.2) is 24.1 Å². The second kappa shape index (κ2) is 16.4. The zero-order valence-corrected chi connectivity index (χ0v) is 40.1. The predicted octanol–water partition coefficient (Wildman–Crippen LogP) is 16.6. The van der Waals surface area contributed by atoms with E-state index in [-0.39, 0.29) is 5.41 Å². The van der Waals surface area contributed by atoms with Crippen LogP contribution in [-0.2, 0) is 5.41 Å². The van der Waals surface area contributed by atoms with Crippen molar-refractivity contribution >= 4 is 43.6 Å². The Balaban J connectivity index is 0.940. The summed E-state index contributed by atoms with van der Waals surface area (Å²) in [6.45, 7) is 4.67. The summed E-state index contributed by atoms with van der Waals surface area (Å²) < 4.78 is 4.71. The SMILES string of the molecule is CC1(C)c2ccccc2-c2ccc(-n3c4ccccc4c4c3ccc3c5ccccc5n(-c5ccc(-c6nc(-c7ccc(-c8ccccc8)cc7)nc(-c7ccc(-c8ccccc8)cc7)n6)cc5C#N)c34)cc21. The van der Waals surface area contributed by atoms with Crippen LogP contribution in [0.3, 0.4) is 0 Å². The maximum absolute atomic E-state index is 11.2. The van der Waals surface area contributed by atoms with E-state index in [1.165, 1.54) is 22.3 Å². The normalized spacial score (nSPS) is 12.6. The lowest BCUT2D eigenvalue weighted by molar-refractivity contribution is 0.660. The quantitative estimate of drug-likeness (QED) is 0.160. The molecular formula is C67H44N6. The highest BCUT2D eigenvalue weighted by atomic mass is 15.0. The first kappa shape index (κ1) is 42.2. The summed E-state index contributed by atoms with van der Waals surface area (Å²) in [5.74, 6) is 1.58. The number of benzene rings is 10. The molecule has 0 atom stereocenters.